The second-order valence-electron chi connectivity index (χ2n) is 10.9. The van der Waals surface area contributed by atoms with Crippen LogP contribution in [-0.2, 0) is 19.3 Å². The van der Waals surface area contributed by atoms with Crippen LogP contribution in [0.1, 0.15) is 73.3 Å². The molecule has 2 aromatic rings. The van der Waals surface area contributed by atoms with E-state index in [4.69, 9.17) is 6.58 Å². The van der Waals surface area contributed by atoms with Crippen LogP contribution in [0.2, 0.25) is 0 Å². The van der Waals surface area contributed by atoms with Crippen LogP contribution in [0.3, 0.4) is 0 Å². The van der Waals surface area contributed by atoms with Crippen LogP contribution in [0.4, 0.5) is 0 Å². The summed E-state index contributed by atoms with van der Waals surface area (Å²) in [7, 11) is 0. The van der Waals surface area contributed by atoms with Crippen molar-refractivity contribution in [3.05, 3.63) is 135 Å². The predicted molar refractivity (Wildman–Crippen MR) is 149 cm³/mol. The van der Waals surface area contributed by atoms with Gasteiger partial charge in [-0.2, -0.15) is 0 Å². The van der Waals surface area contributed by atoms with Crippen molar-refractivity contribution in [3.8, 4) is 0 Å². The molecule has 0 nitrogen and oxygen atoms in total. The number of hydrogen-bond donors (Lipinski definition) is 0. The highest BCUT2D eigenvalue weighted by molar-refractivity contribution is 5.82. The predicted octanol–water partition coefficient (Wildman–Crippen LogP) is 9.01. The van der Waals surface area contributed by atoms with Crippen molar-refractivity contribution in [1.29, 1.82) is 0 Å². The molecule has 1 fully saturated rings. The Kier molecular flexibility index (Phi) is 5.64. The Bertz CT molecular complexity index is 1370. The van der Waals surface area contributed by atoms with Gasteiger partial charge in [0, 0.05) is 11.8 Å². The average Bonchev–Trinajstić information content (AvgIpc) is 3.56. The van der Waals surface area contributed by atoms with Gasteiger partial charge in [0.05, 0.1) is 0 Å². The molecule has 4 aliphatic rings. The Morgan fingerprint density at radius 1 is 1.03 bits per heavy atom. The topological polar surface area (TPSA) is 0 Å². The van der Waals surface area contributed by atoms with Gasteiger partial charge in [-0.3, -0.25) is 0 Å². The molecule has 2 aromatic carbocycles. The van der Waals surface area contributed by atoms with Crippen molar-refractivity contribution in [2.45, 2.75) is 64.7 Å². The summed E-state index contributed by atoms with van der Waals surface area (Å²) in [5.74, 6) is 0.661. The van der Waals surface area contributed by atoms with Gasteiger partial charge in [0.2, 0.25) is 0 Å². The molecule has 0 heterocycles. The number of allylic oxidation sites excluding steroid dienone is 10. The summed E-state index contributed by atoms with van der Waals surface area (Å²) in [6.07, 6.45) is 15.3. The molecule has 2 unspecified atom stereocenters. The van der Waals surface area contributed by atoms with E-state index in [1.54, 1.807) is 11.1 Å². The highest BCUT2D eigenvalue weighted by Gasteiger charge is 2.41. The van der Waals surface area contributed by atoms with Crippen LogP contribution in [0.5, 0.6) is 0 Å². The molecule has 0 saturated heterocycles. The number of hydrogen-bond acceptors (Lipinski definition) is 0. The van der Waals surface area contributed by atoms with E-state index in [-0.39, 0.29) is 0 Å². The second kappa shape index (κ2) is 8.83. The lowest BCUT2D eigenvalue weighted by molar-refractivity contribution is 0.618. The molecule has 0 heteroatoms. The fourth-order valence-electron chi connectivity index (χ4n) is 7.05. The van der Waals surface area contributed by atoms with Crippen LogP contribution in [-0.4, -0.2) is 0 Å². The highest BCUT2D eigenvalue weighted by Crippen LogP contribution is 2.55. The summed E-state index contributed by atoms with van der Waals surface area (Å²) in [4.78, 5) is 0. The van der Waals surface area contributed by atoms with Gasteiger partial charge >= 0.3 is 0 Å². The first-order chi connectivity index (χ1) is 17.0. The molecule has 0 radical (unpaired) electrons. The maximum absolute atomic E-state index is 4.74. The minimum atomic E-state index is 0.322. The molecular formula is C35H36. The Balaban J connectivity index is 1.42. The Hall–Kier alpha value is -3.12. The monoisotopic (exact) mass is 456 g/mol. The first-order valence-electron chi connectivity index (χ1n) is 13.4. The fraction of sp³-hybridized carbons (Fsp3) is 0.314. The first kappa shape index (κ1) is 22.4. The molecule has 1 saturated carbocycles. The average molecular weight is 457 g/mol. The van der Waals surface area contributed by atoms with E-state index >= 15 is 0 Å². The molecule has 0 aliphatic heterocycles. The van der Waals surface area contributed by atoms with Crippen LogP contribution in [0, 0.1) is 5.92 Å². The Morgan fingerprint density at radius 3 is 2.71 bits per heavy atom. The van der Waals surface area contributed by atoms with Gasteiger partial charge in [0.15, 0.2) is 0 Å². The maximum Gasteiger partial charge on any atom is 0.0201 e. The molecule has 0 N–H and O–H groups in total. The molecule has 6 rings (SSSR count). The van der Waals surface area contributed by atoms with Crippen molar-refractivity contribution in [1.82, 2.24) is 0 Å². The number of fused-ring (bicyclic) bond motifs is 3. The van der Waals surface area contributed by atoms with E-state index in [0.29, 0.717) is 11.8 Å². The fourth-order valence-corrected chi connectivity index (χ4v) is 7.05. The SMILES string of the molecule is C=C(CCC)C1=C(C)C=C2C/C(=C\C3=CCc4ccccc43)C(=C)C2C1c1ccc2c(c1)CCC2. The molecule has 35 heavy (non-hydrogen) atoms. The molecule has 0 amide bonds. The number of rotatable bonds is 5. The van der Waals surface area contributed by atoms with Gasteiger partial charge in [0.1, 0.15) is 0 Å². The molecule has 176 valence electrons. The normalized spacial score (nSPS) is 23.8. The van der Waals surface area contributed by atoms with Gasteiger partial charge in [-0.05, 0) is 101 Å². The summed E-state index contributed by atoms with van der Waals surface area (Å²) in [5.41, 5.74) is 17.2. The van der Waals surface area contributed by atoms with Gasteiger partial charge in [0.25, 0.3) is 0 Å². The van der Waals surface area contributed by atoms with Gasteiger partial charge in [-0.1, -0.05) is 98.3 Å². The van der Waals surface area contributed by atoms with Crippen molar-refractivity contribution in [3.63, 3.8) is 0 Å². The standard InChI is InChI=1S/C35H36/c1-5-9-22(2)33-23(3)18-31-21-30(20-28-16-15-26-10-6-7-13-32(26)28)24(4)34(31)35(33)29-17-14-25-11-8-12-27(25)19-29/h6-7,10,13-14,16-20,34-35H,2,4-5,8-9,11-12,15,21H2,1,3H3/b30-20+. The molecule has 0 bridgehead atoms. The molecule has 2 atom stereocenters. The summed E-state index contributed by atoms with van der Waals surface area (Å²) in [6.45, 7) is 13.9. The minimum absolute atomic E-state index is 0.322. The van der Waals surface area contributed by atoms with Crippen molar-refractivity contribution < 1.29 is 0 Å². The number of benzene rings is 2. The third-order valence-corrected chi connectivity index (χ3v) is 8.67. The van der Waals surface area contributed by atoms with E-state index in [1.165, 1.54) is 75.0 Å². The molecule has 0 spiro atoms. The van der Waals surface area contributed by atoms with Gasteiger partial charge < -0.3 is 0 Å². The van der Waals surface area contributed by atoms with E-state index in [1.807, 2.05) is 0 Å². The summed E-state index contributed by atoms with van der Waals surface area (Å²) in [5, 5.41) is 0. The lowest BCUT2D eigenvalue weighted by Crippen LogP contribution is -2.21. The first-order valence-corrected chi connectivity index (χ1v) is 13.4. The third-order valence-electron chi connectivity index (χ3n) is 8.67. The van der Waals surface area contributed by atoms with Crippen LogP contribution >= 0.6 is 0 Å². The van der Waals surface area contributed by atoms with Crippen molar-refractivity contribution >= 4 is 5.57 Å². The van der Waals surface area contributed by atoms with Crippen LogP contribution < -0.4 is 0 Å². The van der Waals surface area contributed by atoms with Crippen molar-refractivity contribution in [2.75, 3.05) is 0 Å². The van der Waals surface area contributed by atoms with Gasteiger partial charge in [-0.25, -0.2) is 0 Å². The zero-order valence-corrected chi connectivity index (χ0v) is 21.3. The van der Waals surface area contributed by atoms with E-state index in [2.05, 4.69) is 81.1 Å². The highest BCUT2D eigenvalue weighted by atomic mass is 14.4. The van der Waals surface area contributed by atoms with E-state index in [9.17, 15) is 0 Å². The quantitative estimate of drug-likeness (QED) is 0.421. The Morgan fingerprint density at radius 2 is 1.86 bits per heavy atom. The summed E-state index contributed by atoms with van der Waals surface area (Å²) < 4.78 is 0. The maximum atomic E-state index is 4.74. The molecular weight excluding hydrogens is 420 g/mol. The Labute approximate surface area is 211 Å². The number of aryl methyl sites for hydroxylation is 2. The largest absolute Gasteiger partial charge is 0.0955 e. The summed E-state index contributed by atoms with van der Waals surface area (Å²) in [6, 6.07) is 16.2. The zero-order valence-electron chi connectivity index (χ0n) is 21.3. The van der Waals surface area contributed by atoms with Crippen molar-refractivity contribution in [2.24, 2.45) is 5.92 Å². The smallest absolute Gasteiger partial charge is 0.0201 e. The van der Waals surface area contributed by atoms with E-state index < -0.39 is 0 Å². The molecule has 0 aromatic heterocycles. The summed E-state index contributed by atoms with van der Waals surface area (Å²) >= 11 is 0. The third kappa shape index (κ3) is 3.75. The lowest BCUT2D eigenvalue weighted by atomic mass is 9.69. The van der Waals surface area contributed by atoms with Crippen LogP contribution in [0.25, 0.3) is 5.57 Å². The molecule has 4 aliphatic carbocycles. The second-order valence-corrected chi connectivity index (χ2v) is 10.9. The van der Waals surface area contributed by atoms with Gasteiger partial charge in [-0.15, -0.1) is 0 Å². The van der Waals surface area contributed by atoms with E-state index in [0.717, 1.165) is 25.7 Å². The minimum Gasteiger partial charge on any atom is -0.0955 e. The lowest BCUT2D eigenvalue weighted by Gasteiger charge is -2.35. The van der Waals surface area contributed by atoms with Crippen LogP contribution in [0.15, 0.2) is 107 Å². The zero-order chi connectivity index (χ0) is 24.1.